The first kappa shape index (κ1) is 20.2. The number of amides is 1. The summed E-state index contributed by atoms with van der Waals surface area (Å²) in [5.74, 6) is -0.183. The Labute approximate surface area is 158 Å². The molecule has 1 aliphatic rings. The quantitative estimate of drug-likeness (QED) is 0.576. The topological polar surface area (TPSA) is 44.7 Å². The van der Waals surface area contributed by atoms with Gasteiger partial charge >= 0.3 is 0 Å². The fourth-order valence-corrected chi connectivity index (χ4v) is 3.96. The molecule has 25 heavy (non-hydrogen) atoms. The third kappa shape index (κ3) is 6.28. The predicted octanol–water partition coefficient (Wildman–Crippen LogP) is 3.58. The number of hydrogen-bond donors (Lipinski definition) is 1. The molecule has 1 aromatic carbocycles. The number of carbonyl (C=O) groups excluding carboxylic acids is 1. The van der Waals surface area contributed by atoms with Crippen LogP contribution in [0.15, 0.2) is 23.2 Å². The highest BCUT2D eigenvalue weighted by molar-refractivity contribution is 8.14. The van der Waals surface area contributed by atoms with Crippen LogP contribution in [0.2, 0.25) is 5.02 Å². The van der Waals surface area contributed by atoms with Gasteiger partial charge in [0.2, 0.25) is 5.91 Å². The number of nitrogens with one attached hydrogen (secondary N) is 1. The van der Waals surface area contributed by atoms with E-state index in [0.717, 1.165) is 18.5 Å². The van der Waals surface area contributed by atoms with Gasteiger partial charge in [-0.05, 0) is 58.0 Å². The lowest BCUT2D eigenvalue weighted by atomic mass is 10.1. The van der Waals surface area contributed by atoms with Gasteiger partial charge < -0.3 is 10.2 Å². The molecule has 0 aliphatic carbocycles. The third-order valence-corrected chi connectivity index (χ3v) is 5.61. The SMILES string of the molecule is CCN=C(SCC(=O)NCCC1CCCN1C)c1ccc(F)c(Cl)c1. The minimum Gasteiger partial charge on any atom is -0.355 e. The summed E-state index contributed by atoms with van der Waals surface area (Å²) in [6.07, 6.45) is 3.43. The first-order chi connectivity index (χ1) is 12.0. The Balaban J connectivity index is 1.81. The zero-order valence-corrected chi connectivity index (χ0v) is 16.3. The molecule has 2 rings (SSSR count). The van der Waals surface area contributed by atoms with E-state index in [1.807, 2.05) is 6.92 Å². The standard InChI is InChI=1S/C18H25ClFN3OS/c1-3-21-18(13-6-7-16(20)15(19)11-13)25-12-17(24)22-9-8-14-5-4-10-23(14)2/h6-7,11,14H,3-5,8-10,12H2,1-2H3,(H,22,24). The maximum Gasteiger partial charge on any atom is 0.230 e. The van der Waals surface area contributed by atoms with E-state index in [9.17, 15) is 9.18 Å². The molecule has 1 heterocycles. The summed E-state index contributed by atoms with van der Waals surface area (Å²) in [5.41, 5.74) is 0.735. The number of likely N-dealkylation sites (tertiary alicyclic amines) is 1. The average molecular weight is 386 g/mol. The summed E-state index contributed by atoms with van der Waals surface area (Å²) in [4.78, 5) is 18.8. The molecule has 0 radical (unpaired) electrons. The number of carbonyl (C=O) groups is 1. The maximum atomic E-state index is 13.3. The van der Waals surface area contributed by atoms with Crippen molar-refractivity contribution in [1.82, 2.24) is 10.2 Å². The molecule has 1 unspecified atom stereocenters. The molecular weight excluding hydrogens is 361 g/mol. The molecule has 1 fully saturated rings. The molecule has 138 valence electrons. The van der Waals surface area contributed by atoms with Crippen LogP contribution in [0.25, 0.3) is 0 Å². The van der Waals surface area contributed by atoms with Gasteiger partial charge in [-0.15, -0.1) is 0 Å². The van der Waals surface area contributed by atoms with Gasteiger partial charge in [-0.1, -0.05) is 23.4 Å². The van der Waals surface area contributed by atoms with Crippen LogP contribution in [0.3, 0.4) is 0 Å². The van der Waals surface area contributed by atoms with Crippen molar-refractivity contribution in [3.05, 3.63) is 34.6 Å². The number of nitrogens with zero attached hydrogens (tertiary/aromatic N) is 2. The summed E-state index contributed by atoms with van der Waals surface area (Å²) in [6, 6.07) is 5.08. The van der Waals surface area contributed by atoms with Crippen molar-refractivity contribution in [3.63, 3.8) is 0 Å². The van der Waals surface area contributed by atoms with Crippen molar-refractivity contribution in [3.8, 4) is 0 Å². The molecule has 1 aliphatic heterocycles. The van der Waals surface area contributed by atoms with Gasteiger partial charge in [0.25, 0.3) is 0 Å². The Kier molecular flexibility index (Phi) is 8.19. The van der Waals surface area contributed by atoms with Crippen LogP contribution in [0.5, 0.6) is 0 Å². The fourth-order valence-electron chi connectivity index (χ4n) is 2.90. The first-order valence-electron chi connectivity index (χ1n) is 8.61. The Morgan fingerprint density at radius 1 is 1.52 bits per heavy atom. The molecule has 1 N–H and O–H groups in total. The Morgan fingerprint density at radius 2 is 2.32 bits per heavy atom. The summed E-state index contributed by atoms with van der Waals surface area (Å²) in [5, 5.41) is 3.74. The van der Waals surface area contributed by atoms with Gasteiger partial charge in [0.15, 0.2) is 0 Å². The average Bonchev–Trinajstić information content (AvgIpc) is 2.99. The van der Waals surface area contributed by atoms with Gasteiger partial charge in [-0.2, -0.15) is 0 Å². The first-order valence-corrected chi connectivity index (χ1v) is 9.97. The Bertz CT molecular complexity index is 626. The van der Waals surface area contributed by atoms with Gasteiger partial charge in [-0.3, -0.25) is 9.79 Å². The zero-order chi connectivity index (χ0) is 18.2. The predicted molar refractivity (Wildman–Crippen MR) is 104 cm³/mol. The summed E-state index contributed by atoms with van der Waals surface area (Å²) < 4.78 is 13.3. The number of aliphatic imine (C=N–C) groups is 1. The van der Waals surface area contributed by atoms with Crippen LogP contribution in [-0.2, 0) is 4.79 Å². The number of hydrogen-bond acceptors (Lipinski definition) is 4. The van der Waals surface area contributed by atoms with Crippen molar-refractivity contribution in [2.24, 2.45) is 4.99 Å². The molecule has 1 saturated heterocycles. The summed E-state index contributed by atoms with van der Waals surface area (Å²) in [6.45, 7) is 4.35. The highest BCUT2D eigenvalue weighted by Crippen LogP contribution is 2.21. The molecule has 0 bridgehead atoms. The van der Waals surface area contributed by atoms with E-state index in [4.69, 9.17) is 11.6 Å². The molecule has 1 atom stereocenters. The molecular formula is C18H25ClFN3OS. The highest BCUT2D eigenvalue weighted by atomic mass is 35.5. The number of thioether (sulfide) groups is 1. The van der Waals surface area contributed by atoms with Crippen molar-refractivity contribution in [2.45, 2.75) is 32.2 Å². The van der Waals surface area contributed by atoms with Crippen LogP contribution in [-0.4, -0.2) is 54.3 Å². The van der Waals surface area contributed by atoms with Crippen molar-refractivity contribution in [1.29, 1.82) is 0 Å². The molecule has 4 nitrogen and oxygen atoms in total. The fraction of sp³-hybridized carbons (Fsp3) is 0.556. The van der Waals surface area contributed by atoms with Crippen LogP contribution >= 0.6 is 23.4 Å². The lowest BCUT2D eigenvalue weighted by Crippen LogP contribution is -2.32. The van der Waals surface area contributed by atoms with Gasteiger partial charge in [0, 0.05) is 24.7 Å². The van der Waals surface area contributed by atoms with E-state index in [0.29, 0.717) is 24.2 Å². The van der Waals surface area contributed by atoms with Gasteiger partial charge in [0.05, 0.1) is 15.8 Å². The lowest BCUT2D eigenvalue weighted by Gasteiger charge is -2.19. The summed E-state index contributed by atoms with van der Waals surface area (Å²) >= 11 is 7.19. The second-order valence-corrected chi connectivity index (χ2v) is 7.48. The molecule has 0 spiro atoms. The Hall–Kier alpha value is -1.11. The van der Waals surface area contributed by atoms with E-state index in [1.165, 1.54) is 30.7 Å². The molecule has 0 saturated carbocycles. The van der Waals surface area contributed by atoms with E-state index < -0.39 is 5.82 Å². The van der Waals surface area contributed by atoms with Crippen LogP contribution in [0.1, 0.15) is 31.7 Å². The van der Waals surface area contributed by atoms with Gasteiger partial charge in [0.1, 0.15) is 5.82 Å². The molecule has 1 aromatic rings. The molecule has 0 aromatic heterocycles. The summed E-state index contributed by atoms with van der Waals surface area (Å²) in [7, 11) is 2.14. The smallest absolute Gasteiger partial charge is 0.230 e. The van der Waals surface area contributed by atoms with Crippen molar-refractivity contribution in [2.75, 3.05) is 32.4 Å². The van der Waals surface area contributed by atoms with E-state index >= 15 is 0 Å². The molecule has 7 heteroatoms. The van der Waals surface area contributed by atoms with E-state index in [1.54, 1.807) is 12.1 Å². The highest BCUT2D eigenvalue weighted by Gasteiger charge is 2.20. The van der Waals surface area contributed by atoms with E-state index in [2.05, 4.69) is 22.3 Å². The van der Waals surface area contributed by atoms with Crippen molar-refractivity contribution < 1.29 is 9.18 Å². The third-order valence-electron chi connectivity index (χ3n) is 4.28. The number of halogens is 2. The molecule has 1 amide bonds. The Morgan fingerprint density at radius 3 is 2.96 bits per heavy atom. The normalized spacial score (nSPS) is 18.6. The van der Waals surface area contributed by atoms with Crippen LogP contribution < -0.4 is 5.32 Å². The maximum absolute atomic E-state index is 13.3. The zero-order valence-electron chi connectivity index (χ0n) is 14.7. The minimum absolute atomic E-state index is 0.0114. The van der Waals surface area contributed by atoms with E-state index in [-0.39, 0.29) is 16.7 Å². The lowest BCUT2D eigenvalue weighted by molar-refractivity contribution is -0.118. The van der Waals surface area contributed by atoms with Crippen molar-refractivity contribution >= 4 is 34.3 Å². The number of benzene rings is 1. The monoisotopic (exact) mass is 385 g/mol. The minimum atomic E-state index is -0.458. The largest absolute Gasteiger partial charge is 0.355 e. The second kappa shape index (κ2) is 10.1. The van der Waals surface area contributed by atoms with Crippen LogP contribution in [0.4, 0.5) is 4.39 Å². The number of rotatable bonds is 7. The second-order valence-electron chi connectivity index (χ2n) is 6.11. The van der Waals surface area contributed by atoms with Gasteiger partial charge in [-0.25, -0.2) is 4.39 Å². The van der Waals surface area contributed by atoms with Crippen LogP contribution in [0, 0.1) is 5.82 Å².